The number of rotatable bonds is 8. The largest absolute Gasteiger partial charge is 0.383 e. The molecule has 0 aliphatic carbocycles. The van der Waals surface area contributed by atoms with E-state index in [1.165, 1.54) is 37.1 Å². The maximum atomic E-state index is 11.7. The van der Waals surface area contributed by atoms with Gasteiger partial charge in [-0.15, -0.1) is 0 Å². The summed E-state index contributed by atoms with van der Waals surface area (Å²) in [6, 6.07) is 6.00. The number of nitrogens with one attached hydrogen (secondary N) is 1. The van der Waals surface area contributed by atoms with Crippen LogP contribution in [-0.4, -0.2) is 27.1 Å². The van der Waals surface area contributed by atoms with Crippen molar-refractivity contribution in [1.29, 1.82) is 0 Å². The summed E-state index contributed by atoms with van der Waals surface area (Å²) in [4.78, 5) is 11.7. The van der Waals surface area contributed by atoms with Crippen LogP contribution in [0.3, 0.4) is 0 Å². The lowest BCUT2D eigenvalue weighted by molar-refractivity contribution is 0.0953. The molecule has 0 saturated heterocycles. The summed E-state index contributed by atoms with van der Waals surface area (Å²) >= 11 is 0. The smallest absolute Gasteiger partial charge is 0.306 e. The molecule has 0 heterocycles. The Morgan fingerprint density at radius 1 is 1.00 bits per heavy atom. The average Bonchev–Trinajstić information content (AvgIpc) is 2.51. The molecule has 6 heteroatoms. The molecule has 0 aliphatic heterocycles. The molecule has 5 nitrogen and oxygen atoms in total. The van der Waals surface area contributed by atoms with Crippen molar-refractivity contribution in [2.45, 2.75) is 52.9 Å². The summed E-state index contributed by atoms with van der Waals surface area (Å²) in [7, 11) is -3.53. The second kappa shape index (κ2) is 11.9. The predicted octanol–water partition coefficient (Wildman–Crippen LogP) is 3.75. The molecule has 23 heavy (non-hydrogen) atoms. The van der Waals surface area contributed by atoms with Crippen LogP contribution in [0, 0.1) is 0 Å². The molecular formula is C17H29NO4S. The Hall–Kier alpha value is -1.56. The van der Waals surface area contributed by atoms with E-state index in [2.05, 4.69) is 26.1 Å². The first-order chi connectivity index (χ1) is 10.8. The number of carbonyl (C=O) groups excluding carboxylic acids is 1. The zero-order valence-electron chi connectivity index (χ0n) is 14.6. The van der Waals surface area contributed by atoms with Gasteiger partial charge in [0.05, 0.1) is 6.26 Å². The van der Waals surface area contributed by atoms with E-state index in [4.69, 9.17) is 4.18 Å². The van der Waals surface area contributed by atoms with Gasteiger partial charge in [0, 0.05) is 12.1 Å². The van der Waals surface area contributed by atoms with Crippen LogP contribution in [-0.2, 0) is 10.1 Å². The summed E-state index contributed by atoms with van der Waals surface area (Å²) in [5.41, 5.74) is 0.484. The highest BCUT2D eigenvalue weighted by molar-refractivity contribution is 7.86. The van der Waals surface area contributed by atoms with Crippen LogP contribution >= 0.6 is 0 Å². The lowest BCUT2D eigenvalue weighted by Crippen LogP contribution is -2.24. The second-order valence-electron chi connectivity index (χ2n) is 5.27. The first-order valence-electron chi connectivity index (χ1n) is 8.11. The Bertz CT molecular complexity index is 536. The summed E-state index contributed by atoms with van der Waals surface area (Å²) in [6.45, 7) is 7.11. The van der Waals surface area contributed by atoms with Gasteiger partial charge in [0.25, 0.3) is 5.91 Å². The first-order valence-corrected chi connectivity index (χ1v) is 9.93. The third-order valence-corrected chi connectivity index (χ3v) is 3.43. The zero-order chi connectivity index (χ0) is 17.7. The van der Waals surface area contributed by atoms with Crippen molar-refractivity contribution >= 4 is 16.0 Å². The average molecular weight is 343 g/mol. The zero-order valence-corrected chi connectivity index (χ0v) is 15.4. The van der Waals surface area contributed by atoms with Crippen LogP contribution in [0.1, 0.15) is 63.2 Å². The van der Waals surface area contributed by atoms with E-state index < -0.39 is 10.1 Å². The fourth-order valence-electron chi connectivity index (χ4n) is 1.52. The maximum Gasteiger partial charge on any atom is 0.306 e. The summed E-state index contributed by atoms with van der Waals surface area (Å²) in [6.07, 6.45) is 6.76. The van der Waals surface area contributed by atoms with Crippen LogP contribution in [0.5, 0.6) is 5.75 Å². The molecule has 1 N–H and O–H groups in total. The van der Waals surface area contributed by atoms with Crippen LogP contribution in [0.15, 0.2) is 24.3 Å². The topological polar surface area (TPSA) is 72.5 Å². The summed E-state index contributed by atoms with van der Waals surface area (Å²) in [5, 5.41) is 2.80. The van der Waals surface area contributed by atoms with Crippen molar-refractivity contribution in [1.82, 2.24) is 5.32 Å². The van der Waals surface area contributed by atoms with Gasteiger partial charge >= 0.3 is 10.1 Å². The van der Waals surface area contributed by atoms with Crippen molar-refractivity contribution < 1.29 is 17.4 Å². The van der Waals surface area contributed by atoms with Crippen LogP contribution in [0.4, 0.5) is 0 Å². The van der Waals surface area contributed by atoms with E-state index in [0.717, 1.165) is 25.5 Å². The lowest BCUT2D eigenvalue weighted by atomic mass is 10.2. The first kappa shape index (κ1) is 21.4. The molecule has 0 bridgehead atoms. The molecule has 1 aromatic rings. The minimum atomic E-state index is -3.53. The van der Waals surface area contributed by atoms with E-state index in [0.29, 0.717) is 12.1 Å². The number of hydrogen-bond acceptors (Lipinski definition) is 4. The highest BCUT2D eigenvalue weighted by atomic mass is 32.2. The number of unbranched alkanes of at least 4 members (excludes halogenated alkanes) is 3. The molecule has 0 aliphatic rings. The standard InChI is InChI=1S/C13H19NO4S.C4H10/c1-3-4-5-10-14-13(15)11-6-8-12(9-7-11)18-19(2,16)17;1-3-4-2/h6-9H,3-5,10H2,1-2H3,(H,14,15);3-4H2,1-2H3. The third kappa shape index (κ3) is 11.6. The number of benzene rings is 1. The minimum absolute atomic E-state index is 0.165. The van der Waals surface area contributed by atoms with Gasteiger partial charge in [0.1, 0.15) is 5.75 Å². The van der Waals surface area contributed by atoms with Crippen molar-refractivity contribution in [3.63, 3.8) is 0 Å². The van der Waals surface area contributed by atoms with E-state index in [1.807, 2.05) is 0 Å². The summed E-state index contributed by atoms with van der Waals surface area (Å²) in [5.74, 6) is 0.0343. The molecule has 1 aromatic carbocycles. The van der Waals surface area contributed by atoms with Crippen molar-refractivity contribution in [2.75, 3.05) is 12.8 Å². The van der Waals surface area contributed by atoms with E-state index >= 15 is 0 Å². The Balaban J connectivity index is 0.00000108. The van der Waals surface area contributed by atoms with Gasteiger partial charge in [-0.2, -0.15) is 8.42 Å². The SMILES string of the molecule is CCCC.CCCCCNC(=O)c1ccc(OS(C)(=O)=O)cc1. The predicted molar refractivity (Wildman–Crippen MR) is 94.4 cm³/mol. The molecule has 0 saturated carbocycles. The van der Waals surface area contributed by atoms with Gasteiger partial charge in [-0.3, -0.25) is 4.79 Å². The molecular weight excluding hydrogens is 314 g/mol. The van der Waals surface area contributed by atoms with Crippen molar-refractivity contribution in [2.24, 2.45) is 0 Å². The van der Waals surface area contributed by atoms with E-state index in [-0.39, 0.29) is 11.7 Å². The molecule has 0 unspecified atom stereocenters. The van der Waals surface area contributed by atoms with Gasteiger partial charge in [-0.05, 0) is 30.7 Å². The molecule has 1 rings (SSSR count). The third-order valence-electron chi connectivity index (χ3n) is 2.93. The number of hydrogen-bond donors (Lipinski definition) is 1. The highest BCUT2D eigenvalue weighted by Gasteiger charge is 2.07. The van der Waals surface area contributed by atoms with Crippen molar-refractivity contribution in [3.8, 4) is 5.75 Å². The number of carbonyl (C=O) groups is 1. The van der Waals surface area contributed by atoms with Crippen LogP contribution in [0.25, 0.3) is 0 Å². The van der Waals surface area contributed by atoms with Gasteiger partial charge in [0.15, 0.2) is 0 Å². The normalized spacial score (nSPS) is 10.4. The van der Waals surface area contributed by atoms with Gasteiger partial charge in [0.2, 0.25) is 0 Å². The number of amides is 1. The van der Waals surface area contributed by atoms with E-state index in [1.54, 1.807) is 0 Å². The monoisotopic (exact) mass is 343 g/mol. The molecule has 0 spiro atoms. The fourth-order valence-corrected chi connectivity index (χ4v) is 1.98. The Kier molecular flexibility index (Phi) is 11.1. The minimum Gasteiger partial charge on any atom is -0.383 e. The maximum absolute atomic E-state index is 11.7. The fraction of sp³-hybridized carbons (Fsp3) is 0.588. The quantitative estimate of drug-likeness (QED) is 0.576. The highest BCUT2D eigenvalue weighted by Crippen LogP contribution is 2.13. The Labute approximate surface area is 140 Å². The molecule has 132 valence electrons. The van der Waals surface area contributed by atoms with Crippen LogP contribution in [0.2, 0.25) is 0 Å². The van der Waals surface area contributed by atoms with Crippen molar-refractivity contribution in [3.05, 3.63) is 29.8 Å². The molecule has 1 amide bonds. The lowest BCUT2D eigenvalue weighted by Gasteiger charge is -2.06. The molecule has 0 fully saturated rings. The molecule has 0 aromatic heterocycles. The van der Waals surface area contributed by atoms with Gasteiger partial charge in [-0.1, -0.05) is 46.5 Å². The Morgan fingerprint density at radius 2 is 1.57 bits per heavy atom. The molecule has 0 radical (unpaired) electrons. The van der Waals surface area contributed by atoms with Gasteiger partial charge in [-0.25, -0.2) is 0 Å². The van der Waals surface area contributed by atoms with E-state index in [9.17, 15) is 13.2 Å². The van der Waals surface area contributed by atoms with Gasteiger partial charge < -0.3 is 9.50 Å². The Morgan fingerprint density at radius 3 is 2.00 bits per heavy atom. The summed E-state index contributed by atoms with van der Waals surface area (Å²) < 4.78 is 26.5. The molecule has 0 atom stereocenters. The van der Waals surface area contributed by atoms with Crippen LogP contribution < -0.4 is 9.50 Å². The second-order valence-corrected chi connectivity index (χ2v) is 6.85.